The number of allylic oxidation sites excluding steroid dienone is 2. The van der Waals surface area contributed by atoms with Crippen LogP contribution in [0.4, 0.5) is 0 Å². The summed E-state index contributed by atoms with van der Waals surface area (Å²) in [7, 11) is 0. The van der Waals surface area contributed by atoms with Crippen LogP contribution in [0.2, 0.25) is 0 Å². The minimum Gasteiger partial charge on any atom is -0.498 e. The van der Waals surface area contributed by atoms with Crippen LogP contribution in [0.3, 0.4) is 0 Å². The van der Waals surface area contributed by atoms with Gasteiger partial charge in [-0.05, 0) is 23.6 Å². The van der Waals surface area contributed by atoms with E-state index in [-0.39, 0.29) is 26.1 Å². The van der Waals surface area contributed by atoms with Crippen molar-refractivity contribution in [2.45, 2.75) is 25.2 Å². The van der Waals surface area contributed by atoms with E-state index in [0.29, 0.717) is 5.92 Å². The molecule has 0 radical (unpaired) electrons. The summed E-state index contributed by atoms with van der Waals surface area (Å²) < 4.78 is 10.1. The van der Waals surface area contributed by atoms with Gasteiger partial charge >= 0.3 is 11.9 Å². The molecule has 1 aliphatic rings. The zero-order valence-corrected chi connectivity index (χ0v) is 12.8. The summed E-state index contributed by atoms with van der Waals surface area (Å²) in [6.45, 7) is 0.376. The van der Waals surface area contributed by atoms with Crippen molar-refractivity contribution in [3.05, 3.63) is 53.8 Å². The second-order valence-electron chi connectivity index (χ2n) is 5.19. The highest BCUT2D eigenvalue weighted by atomic mass is 16.6. The smallest absolute Gasteiger partial charge is 0.306 e. The summed E-state index contributed by atoms with van der Waals surface area (Å²) in [6.07, 6.45) is 8.40. The van der Waals surface area contributed by atoms with Crippen LogP contribution in [0.15, 0.2) is 42.7 Å². The molecule has 0 aromatic heterocycles. The number of rotatable bonds is 9. The van der Waals surface area contributed by atoms with E-state index in [9.17, 15) is 9.59 Å². The van der Waals surface area contributed by atoms with E-state index in [1.165, 1.54) is 11.1 Å². The average Bonchev–Trinajstić information content (AvgIpc) is 2.95. The second-order valence-corrected chi connectivity index (χ2v) is 5.19. The van der Waals surface area contributed by atoms with Gasteiger partial charge in [-0.1, -0.05) is 36.4 Å². The molecule has 23 heavy (non-hydrogen) atoms. The molecule has 1 aromatic carbocycles. The maximum absolute atomic E-state index is 11.2. The van der Waals surface area contributed by atoms with Crippen molar-refractivity contribution in [3.63, 3.8) is 0 Å². The second kappa shape index (κ2) is 8.78. The van der Waals surface area contributed by atoms with Gasteiger partial charge in [0.1, 0.15) is 13.2 Å². The molecule has 1 aromatic rings. The van der Waals surface area contributed by atoms with Gasteiger partial charge in [-0.15, -0.1) is 0 Å². The number of carboxylic acid groups (broad SMARTS) is 1. The molecule has 2 rings (SSSR count). The molecule has 0 amide bonds. The summed E-state index contributed by atoms with van der Waals surface area (Å²) in [5, 5.41) is 8.44. The Kier molecular flexibility index (Phi) is 6.41. The Bertz CT molecular complexity index is 603. The van der Waals surface area contributed by atoms with E-state index in [0.717, 1.165) is 6.42 Å². The largest absolute Gasteiger partial charge is 0.498 e. The first-order chi connectivity index (χ1) is 11.2. The van der Waals surface area contributed by atoms with E-state index in [1.54, 1.807) is 6.26 Å². The summed E-state index contributed by atoms with van der Waals surface area (Å²) in [4.78, 5) is 21.5. The lowest BCUT2D eigenvalue weighted by atomic mass is 9.98. The number of ether oxygens (including phenoxy) is 2. The van der Waals surface area contributed by atoms with Crippen molar-refractivity contribution in [1.82, 2.24) is 0 Å². The predicted molar refractivity (Wildman–Crippen MR) is 85.8 cm³/mol. The standard InChI is InChI=1S/C18H20O5/c19-17(20)9-10-18(21)23-13-12-22-11-3-5-15-8-7-14-4-1-2-6-16(14)15/h1-4,6-8,11,15H,5,9-10,12-13H2,(H,19,20). The predicted octanol–water partition coefficient (Wildman–Crippen LogP) is 3.13. The van der Waals surface area contributed by atoms with Crippen LogP contribution in [0, 0.1) is 0 Å². The lowest BCUT2D eigenvalue weighted by molar-refractivity contribution is -0.148. The maximum Gasteiger partial charge on any atom is 0.306 e. The minimum atomic E-state index is -1.01. The molecule has 0 heterocycles. The topological polar surface area (TPSA) is 72.8 Å². The molecular formula is C18H20O5. The Morgan fingerprint density at radius 2 is 2.00 bits per heavy atom. The molecule has 0 spiro atoms. The van der Waals surface area contributed by atoms with Crippen molar-refractivity contribution < 1.29 is 24.2 Å². The van der Waals surface area contributed by atoms with E-state index in [2.05, 4.69) is 24.3 Å². The maximum atomic E-state index is 11.2. The van der Waals surface area contributed by atoms with Crippen LogP contribution in [0.1, 0.15) is 36.3 Å². The molecule has 122 valence electrons. The number of carbonyl (C=O) groups is 2. The van der Waals surface area contributed by atoms with Gasteiger partial charge in [0, 0.05) is 5.92 Å². The number of fused-ring (bicyclic) bond motifs is 1. The monoisotopic (exact) mass is 316 g/mol. The minimum absolute atomic E-state index is 0.113. The number of benzene rings is 1. The third kappa shape index (κ3) is 5.62. The molecule has 0 aliphatic heterocycles. The van der Waals surface area contributed by atoms with Gasteiger partial charge in [-0.25, -0.2) is 0 Å². The number of aliphatic carboxylic acids is 1. The Balaban J connectivity index is 1.57. The highest BCUT2D eigenvalue weighted by molar-refractivity contribution is 5.76. The lowest BCUT2D eigenvalue weighted by Crippen LogP contribution is -2.10. The van der Waals surface area contributed by atoms with E-state index >= 15 is 0 Å². The van der Waals surface area contributed by atoms with Crippen LogP contribution in [-0.4, -0.2) is 30.3 Å². The third-order valence-corrected chi connectivity index (χ3v) is 3.49. The Labute approximate surface area is 135 Å². The first kappa shape index (κ1) is 16.8. The number of carbonyl (C=O) groups excluding carboxylic acids is 1. The number of esters is 1. The van der Waals surface area contributed by atoms with Crippen LogP contribution in [0.25, 0.3) is 6.08 Å². The van der Waals surface area contributed by atoms with E-state index in [4.69, 9.17) is 14.6 Å². The van der Waals surface area contributed by atoms with Gasteiger partial charge in [0.25, 0.3) is 0 Å². The molecule has 1 aliphatic carbocycles. The third-order valence-electron chi connectivity index (χ3n) is 3.49. The first-order valence-corrected chi connectivity index (χ1v) is 7.58. The number of hydrogen-bond acceptors (Lipinski definition) is 4. The summed E-state index contributed by atoms with van der Waals surface area (Å²) in [5.41, 5.74) is 2.59. The fraction of sp³-hybridized carbons (Fsp3) is 0.333. The molecule has 0 bridgehead atoms. The molecule has 0 saturated heterocycles. The Morgan fingerprint density at radius 3 is 2.83 bits per heavy atom. The highest BCUT2D eigenvalue weighted by Gasteiger charge is 2.14. The average molecular weight is 316 g/mol. The molecule has 0 fully saturated rings. The molecule has 5 nitrogen and oxygen atoms in total. The number of hydrogen-bond donors (Lipinski definition) is 1. The molecule has 1 atom stereocenters. The SMILES string of the molecule is O=C(O)CCC(=O)OCCOC=CCC1C=Cc2ccccc21. The van der Waals surface area contributed by atoms with Crippen LogP contribution < -0.4 is 0 Å². The quantitative estimate of drug-likeness (QED) is 0.430. The van der Waals surface area contributed by atoms with Crippen molar-refractivity contribution in [1.29, 1.82) is 0 Å². The van der Waals surface area contributed by atoms with Crippen molar-refractivity contribution >= 4 is 18.0 Å². The van der Waals surface area contributed by atoms with Crippen LogP contribution in [-0.2, 0) is 19.1 Å². The molecule has 1 unspecified atom stereocenters. The first-order valence-electron chi connectivity index (χ1n) is 7.58. The van der Waals surface area contributed by atoms with Crippen molar-refractivity contribution in [2.24, 2.45) is 0 Å². The summed E-state index contributed by atoms with van der Waals surface area (Å²) in [5.74, 6) is -1.16. The van der Waals surface area contributed by atoms with Gasteiger partial charge in [-0.3, -0.25) is 9.59 Å². The summed E-state index contributed by atoms with van der Waals surface area (Å²) >= 11 is 0. The van der Waals surface area contributed by atoms with Crippen molar-refractivity contribution in [2.75, 3.05) is 13.2 Å². The van der Waals surface area contributed by atoms with Gasteiger partial charge in [0.2, 0.25) is 0 Å². The molecular weight excluding hydrogens is 296 g/mol. The Morgan fingerprint density at radius 1 is 1.17 bits per heavy atom. The fourth-order valence-electron chi connectivity index (χ4n) is 2.35. The molecule has 5 heteroatoms. The van der Waals surface area contributed by atoms with Crippen LogP contribution in [0.5, 0.6) is 0 Å². The van der Waals surface area contributed by atoms with Gasteiger partial charge < -0.3 is 14.6 Å². The Hall–Kier alpha value is -2.56. The van der Waals surface area contributed by atoms with Gasteiger partial charge in [0.15, 0.2) is 0 Å². The molecule has 0 saturated carbocycles. The lowest BCUT2D eigenvalue weighted by Gasteiger charge is -2.08. The van der Waals surface area contributed by atoms with E-state index in [1.807, 2.05) is 18.2 Å². The zero-order chi connectivity index (χ0) is 16.5. The van der Waals surface area contributed by atoms with Gasteiger partial charge in [-0.2, -0.15) is 0 Å². The highest BCUT2D eigenvalue weighted by Crippen LogP contribution is 2.32. The molecule has 1 N–H and O–H groups in total. The zero-order valence-electron chi connectivity index (χ0n) is 12.8. The van der Waals surface area contributed by atoms with Crippen LogP contribution >= 0.6 is 0 Å². The number of carboxylic acids is 1. The van der Waals surface area contributed by atoms with Gasteiger partial charge in [0.05, 0.1) is 19.1 Å². The van der Waals surface area contributed by atoms with Crippen molar-refractivity contribution in [3.8, 4) is 0 Å². The summed E-state index contributed by atoms with van der Waals surface area (Å²) in [6, 6.07) is 8.30. The van der Waals surface area contributed by atoms with E-state index < -0.39 is 11.9 Å². The normalized spacial score (nSPS) is 15.6. The fourth-order valence-corrected chi connectivity index (χ4v) is 2.35.